The van der Waals surface area contributed by atoms with Gasteiger partial charge in [0.25, 0.3) is 0 Å². The second kappa shape index (κ2) is 9.05. The van der Waals surface area contributed by atoms with E-state index in [4.69, 9.17) is 19.5 Å². The lowest BCUT2D eigenvalue weighted by Crippen LogP contribution is -2.22. The topological polar surface area (TPSA) is 92.3 Å². The molecule has 3 rings (SSSR count). The van der Waals surface area contributed by atoms with Crippen LogP contribution in [0.1, 0.15) is 54.9 Å². The standard InChI is InChI=1S/C23H20N2O4/c1-15(2)27-22(26)12-20-11-21(18-7-3-5-16(9-18)13-24)29-23(28-20)19-8-4-6-17(10-19)14-25/h3-10,12,15,21,23H,11H2,1-2H3/b20-12+/t21-,23-/m0/s1. The van der Waals surface area contributed by atoms with Crippen LogP contribution < -0.4 is 0 Å². The van der Waals surface area contributed by atoms with Crippen molar-refractivity contribution in [1.29, 1.82) is 10.5 Å². The number of carbonyl (C=O) groups excluding carboxylic acids is 1. The van der Waals surface area contributed by atoms with Gasteiger partial charge in [-0.25, -0.2) is 4.79 Å². The molecule has 0 aliphatic carbocycles. The summed E-state index contributed by atoms with van der Waals surface area (Å²) in [4.78, 5) is 12.1. The third-order valence-electron chi connectivity index (χ3n) is 4.24. The summed E-state index contributed by atoms with van der Waals surface area (Å²) in [7, 11) is 0. The van der Waals surface area contributed by atoms with Gasteiger partial charge in [0.15, 0.2) is 0 Å². The first kappa shape index (κ1) is 20.1. The van der Waals surface area contributed by atoms with E-state index in [0.717, 1.165) is 5.56 Å². The van der Waals surface area contributed by atoms with Gasteiger partial charge in [0, 0.05) is 12.0 Å². The Bertz CT molecular complexity index is 947. The van der Waals surface area contributed by atoms with Crippen LogP contribution >= 0.6 is 0 Å². The molecule has 1 aliphatic heterocycles. The Labute approximate surface area is 169 Å². The fraction of sp³-hybridized carbons (Fsp3) is 0.261. The molecule has 6 heteroatoms. The lowest BCUT2D eigenvalue weighted by atomic mass is 10.0. The molecule has 1 aliphatic rings. The van der Waals surface area contributed by atoms with Crippen LogP contribution in [-0.4, -0.2) is 12.1 Å². The molecule has 0 bridgehead atoms. The molecule has 0 unspecified atom stereocenters. The highest BCUT2D eigenvalue weighted by molar-refractivity contribution is 5.82. The van der Waals surface area contributed by atoms with Crippen molar-refractivity contribution in [2.24, 2.45) is 0 Å². The number of ether oxygens (including phenoxy) is 3. The van der Waals surface area contributed by atoms with Crippen molar-refractivity contribution in [3.05, 3.63) is 82.6 Å². The van der Waals surface area contributed by atoms with Crippen molar-refractivity contribution < 1.29 is 19.0 Å². The summed E-state index contributed by atoms with van der Waals surface area (Å²) < 4.78 is 17.2. The minimum atomic E-state index is -0.800. The van der Waals surface area contributed by atoms with Crippen LogP contribution in [0.15, 0.2) is 60.4 Å². The summed E-state index contributed by atoms with van der Waals surface area (Å²) in [6.07, 6.45) is 0.170. The van der Waals surface area contributed by atoms with Crippen LogP contribution in [0.3, 0.4) is 0 Å². The van der Waals surface area contributed by atoms with Crippen LogP contribution in [-0.2, 0) is 19.0 Å². The largest absolute Gasteiger partial charge is 0.465 e. The summed E-state index contributed by atoms with van der Waals surface area (Å²) in [5.74, 6) is -0.0763. The van der Waals surface area contributed by atoms with E-state index in [1.54, 1.807) is 56.3 Å². The molecule has 0 radical (unpaired) electrons. The number of nitriles is 2. The zero-order valence-corrected chi connectivity index (χ0v) is 16.2. The van der Waals surface area contributed by atoms with E-state index in [-0.39, 0.29) is 6.10 Å². The van der Waals surface area contributed by atoms with Crippen LogP contribution in [0.4, 0.5) is 0 Å². The van der Waals surface area contributed by atoms with Gasteiger partial charge in [-0.1, -0.05) is 24.3 Å². The van der Waals surface area contributed by atoms with Gasteiger partial charge in [-0.15, -0.1) is 0 Å². The molecule has 0 spiro atoms. The fourth-order valence-corrected chi connectivity index (χ4v) is 2.99. The average Bonchev–Trinajstić information content (AvgIpc) is 2.73. The highest BCUT2D eigenvalue weighted by Gasteiger charge is 2.30. The molecule has 0 amide bonds. The van der Waals surface area contributed by atoms with Gasteiger partial charge in [-0.3, -0.25) is 0 Å². The number of rotatable bonds is 4. The minimum Gasteiger partial charge on any atom is -0.465 e. The summed E-state index contributed by atoms with van der Waals surface area (Å²) in [5.41, 5.74) is 2.46. The fourth-order valence-electron chi connectivity index (χ4n) is 2.99. The molecule has 2 aromatic carbocycles. The van der Waals surface area contributed by atoms with E-state index in [0.29, 0.717) is 28.9 Å². The maximum atomic E-state index is 12.1. The first-order valence-electron chi connectivity index (χ1n) is 9.22. The smallest absolute Gasteiger partial charge is 0.334 e. The van der Waals surface area contributed by atoms with Crippen LogP contribution in [0.5, 0.6) is 0 Å². The first-order chi connectivity index (χ1) is 14.0. The van der Waals surface area contributed by atoms with Gasteiger partial charge >= 0.3 is 5.97 Å². The maximum Gasteiger partial charge on any atom is 0.334 e. The third-order valence-corrected chi connectivity index (χ3v) is 4.24. The second-order valence-electron chi connectivity index (χ2n) is 6.85. The normalized spacial score (nSPS) is 19.8. The van der Waals surface area contributed by atoms with Gasteiger partial charge in [0.1, 0.15) is 5.76 Å². The molecular formula is C23H20N2O4. The van der Waals surface area contributed by atoms with Gasteiger partial charge in [0.2, 0.25) is 6.29 Å². The molecule has 146 valence electrons. The van der Waals surface area contributed by atoms with Gasteiger partial charge in [0.05, 0.1) is 41.5 Å². The molecule has 0 N–H and O–H groups in total. The Kier molecular flexibility index (Phi) is 6.29. The van der Waals surface area contributed by atoms with Crippen LogP contribution in [0, 0.1) is 22.7 Å². The lowest BCUT2D eigenvalue weighted by molar-refractivity contribution is -0.191. The molecule has 0 aromatic heterocycles. The Morgan fingerprint density at radius 2 is 1.72 bits per heavy atom. The van der Waals surface area contributed by atoms with Crippen LogP contribution in [0.2, 0.25) is 0 Å². The molecule has 0 saturated carbocycles. The van der Waals surface area contributed by atoms with E-state index in [9.17, 15) is 10.1 Å². The zero-order valence-electron chi connectivity index (χ0n) is 16.2. The van der Waals surface area contributed by atoms with Crippen molar-refractivity contribution in [2.45, 2.75) is 38.8 Å². The number of benzene rings is 2. The Morgan fingerprint density at radius 1 is 1.10 bits per heavy atom. The summed E-state index contributed by atoms with van der Waals surface area (Å²) in [6.45, 7) is 3.54. The summed E-state index contributed by atoms with van der Waals surface area (Å²) in [5, 5.41) is 18.4. The number of hydrogen-bond acceptors (Lipinski definition) is 6. The quantitative estimate of drug-likeness (QED) is 0.568. The molecule has 29 heavy (non-hydrogen) atoms. The van der Waals surface area contributed by atoms with Crippen LogP contribution in [0.25, 0.3) is 0 Å². The summed E-state index contributed by atoms with van der Waals surface area (Å²) >= 11 is 0. The molecule has 1 saturated heterocycles. The molecule has 1 heterocycles. The maximum absolute atomic E-state index is 12.1. The number of hydrogen-bond donors (Lipinski definition) is 0. The van der Waals surface area contributed by atoms with Crippen molar-refractivity contribution >= 4 is 5.97 Å². The summed E-state index contributed by atoms with van der Waals surface area (Å²) in [6, 6.07) is 18.2. The number of carbonyl (C=O) groups is 1. The van der Waals surface area contributed by atoms with E-state index in [1.165, 1.54) is 6.08 Å². The van der Waals surface area contributed by atoms with Crippen molar-refractivity contribution in [2.75, 3.05) is 0 Å². The zero-order chi connectivity index (χ0) is 20.8. The van der Waals surface area contributed by atoms with Crippen molar-refractivity contribution in [3.63, 3.8) is 0 Å². The predicted octanol–water partition coefficient (Wildman–Crippen LogP) is 4.44. The van der Waals surface area contributed by atoms with E-state index in [1.807, 2.05) is 6.07 Å². The SMILES string of the molecule is CC(C)OC(=O)/C=C1\C[C@@H](c2cccc(C#N)c2)O[C@@H](c2cccc(C#N)c2)O1. The number of esters is 1. The van der Waals surface area contributed by atoms with E-state index in [2.05, 4.69) is 12.1 Å². The van der Waals surface area contributed by atoms with E-state index < -0.39 is 18.4 Å². The molecule has 2 atom stereocenters. The molecule has 2 aromatic rings. The monoisotopic (exact) mass is 388 g/mol. The Balaban J connectivity index is 1.94. The lowest BCUT2D eigenvalue weighted by Gasteiger charge is -2.33. The molecule has 6 nitrogen and oxygen atoms in total. The average molecular weight is 388 g/mol. The predicted molar refractivity (Wildman–Crippen MR) is 104 cm³/mol. The molecular weight excluding hydrogens is 368 g/mol. The van der Waals surface area contributed by atoms with Gasteiger partial charge in [-0.2, -0.15) is 10.5 Å². The van der Waals surface area contributed by atoms with Crippen molar-refractivity contribution in [3.8, 4) is 12.1 Å². The highest BCUT2D eigenvalue weighted by atomic mass is 16.7. The third kappa shape index (κ3) is 5.22. The minimum absolute atomic E-state index is 0.245. The first-order valence-corrected chi connectivity index (χ1v) is 9.22. The number of nitrogens with zero attached hydrogens (tertiary/aromatic N) is 2. The van der Waals surface area contributed by atoms with Gasteiger partial charge < -0.3 is 14.2 Å². The Hall–Kier alpha value is -3.61. The van der Waals surface area contributed by atoms with Crippen molar-refractivity contribution in [1.82, 2.24) is 0 Å². The Morgan fingerprint density at radius 3 is 2.34 bits per heavy atom. The van der Waals surface area contributed by atoms with Gasteiger partial charge in [-0.05, 0) is 43.7 Å². The molecule has 1 fully saturated rings. The highest BCUT2D eigenvalue weighted by Crippen LogP contribution is 2.39. The second-order valence-corrected chi connectivity index (χ2v) is 6.85. The van der Waals surface area contributed by atoms with E-state index >= 15 is 0 Å².